The molecule has 1 N–H and O–H groups in total. The summed E-state index contributed by atoms with van der Waals surface area (Å²) in [5.74, 6) is -0.850. The fourth-order valence-electron chi connectivity index (χ4n) is 1.32. The summed E-state index contributed by atoms with van der Waals surface area (Å²) < 4.78 is 0.692. The number of carbonyl (C=O) groups is 1. The summed E-state index contributed by atoms with van der Waals surface area (Å²) in [6, 6.07) is 7.43. The molecule has 0 aromatic heterocycles. The van der Waals surface area contributed by atoms with Crippen LogP contribution >= 0.6 is 27.7 Å². The van der Waals surface area contributed by atoms with Gasteiger partial charge in [-0.25, -0.2) is 0 Å². The third-order valence-corrected chi connectivity index (χ3v) is 4.44. The number of benzene rings is 1. The minimum atomic E-state index is -0.853. The maximum Gasteiger partial charge on any atom is 0.317 e. The van der Waals surface area contributed by atoms with Crippen molar-refractivity contribution in [2.45, 2.75) is 24.0 Å². The van der Waals surface area contributed by atoms with Crippen molar-refractivity contribution in [1.82, 2.24) is 0 Å². The van der Waals surface area contributed by atoms with E-state index in [1.54, 1.807) is 18.2 Å². The summed E-state index contributed by atoms with van der Waals surface area (Å²) in [6.07, 6.45) is 0. The molecule has 0 saturated carbocycles. The molecule has 17 heavy (non-hydrogen) atoms. The quantitative estimate of drug-likeness (QED) is 0.864. The topological polar surface area (TPSA) is 61.1 Å². The van der Waals surface area contributed by atoms with Crippen LogP contribution in [0, 0.1) is 17.2 Å². The minimum Gasteiger partial charge on any atom is -0.480 e. The van der Waals surface area contributed by atoms with Gasteiger partial charge in [0.15, 0.2) is 0 Å². The predicted molar refractivity (Wildman–Crippen MR) is 71.0 cm³/mol. The highest BCUT2D eigenvalue weighted by Crippen LogP contribution is 2.33. The predicted octanol–water partition coefficient (Wildman–Crippen LogP) is 3.52. The summed E-state index contributed by atoms with van der Waals surface area (Å²) >= 11 is 4.51. The standard InChI is InChI=1S/C12H12BrNO2S/c1-7(2)11(12(15)16)17-10-5-3-4-9(13)8(10)6-14/h3-5,7,11H,1-2H3,(H,15,16). The SMILES string of the molecule is CC(C)C(Sc1cccc(Br)c1C#N)C(=O)O. The fraction of sp³-hybridized carbons (Fsp3) is 0.333. The number of carboxylic acid groups (broad SMARTS) is 1. The third-order valence-electron chi connectivity index (χ3n) is 2.19. The Kier molecular flexibility index (Phi) is 5.03. The zero-order valence-electron chi connectivity index (χ0n) is 9.48. The van der Waals surface area contributed by atoms with Crippen LogP contribution in [-0.4, -0.2) is 16.3 Å². The molecule has 0 heterocycles. The minimum absolute atomic E-state index is 0.00280. The van der Waals surface area contributed by atoms with Crippen LogP contribution in [0.5, 0.6) is 0 Å². The lowest BCUT2D eigenvalue weighted by atomic mass is 10.1. The van der Waals surface area contributed by atoms with Crippen molar-refractivity contribution in [3.05, 3.63) is 28.2 Å². The molecular weight excluding hydrogens is 302 g/mol. The number of hydrogen-bond acceptors (Lipinski definition) is 3. The van der Waals surface area contributed by atoms with Gasteiger partial charge in [0.05, 0.1) is 5.56 Å². The number of carboxylic acids is 1. The molecule has 0 amide bonds. The van der Waals surface area contributed by atoms with Crippen molar-refractivity contribution in [2.24, 2.45) is 5.92 Å². The van der Waals surface area contributed by atoms with E-state index in [2.05, 4.69) is 22.0 Å². The molecule has 1 atom stereocenters. The number of aliphatic carboxylic acids is 1. The molecule has 1 aromatic rings. The Hall–Kier alpha value is -0.990. The number of rotatable bonds is 4. The number of halogens is 1. The molecule has 0 bridgehead atoms. The molecule has 0 aliphatic rings. The van der Waals surface area contributed by atoms with Crippen LogP contribution in [0.25, 0.3) is 0 Å². The Morgan fingerprint density at radius 3 is 2.65 bits per heavy atom. The molecule has 0 saturated heterocycles. The van der Waals surface area contributed by atoms with E-state index in [1.165, 1.54) is 11.8 Å². The van der Waals surface area contributed by atoms with Gasteiger partial charge in [0.25, 0.3) is 0 Å². The third kappa shape index (κ3) is 3.48. The van der Waals surface area contributed by atoms with Gasteiger partial charge in [-0.1, -0.05) is 19.9 Å². The first-order valence-electron chi connectivity index (χ1n) is 5.05. The van der Waals surface area contributed by atoms with Crippen LogP contribution in [0.1, 0.15) is 19.4 Å². The molecule has 0 aliphatic carbocycles. The van der Waals surface area contributed by atoms with Gasteiger partial charge in [0.1, 0.15) is 11.3 Å². The Labute approximate surface area is 113 Å². The first-order valence-corrected chi connectivity index (χ1v) is 6.72. The van der Waals surface area contributed by atoms with E-state index in [4.69, 9.17) is 10.4 Å². The van der Waals surface area contributed by atoms with Crippen molar-refractivity contribution >= 4 is 33.7 Å². The van der Waals surface area contributed by atoms with Crippen molar-refractivity contribution in [1.29, 1.82) is 5.26 Å². The first-order chi connectivity index (χ1) is 7.97. The van der Waals surface area contributed by atoms with Crippen molar-refractivity contribution in [3.63, 3.8) is 0 Å². The van der Waals surface area contributed by atoms with Crippen LogP contribution in [0.2, 0.25) is 0 Å². The molecule has 1 aromatic carbocycles. The zero-order valence-corrected chi connectivity index (χ0v) is 11.9. The van der Waals surface area contributed by atoms with E-state index in [9.17, 15) is 4.79 Å². The lowest BCUT2D eigenvalue weighted by Gasteiger charge is -2.16. The average molecular weight is 314 g/mol. The van der Waals surface area contributed by atoms with Crippen molar-refractivity contribution in [3.8, 4) is 6.07 Å². The molecular formula is C12H12BrNO2S. The number of hydrogen-bond donors (Lipinski definition) is 1. The molecule has 1 rings (SSSR count). The summed E-state index contributed by atoms with van der Waals surface area (Å²) in [6.45, 7) is 3.71. The van der Waals surface area contributed by atoms with E-state index < -0.39 is 11.2 Å². The first kappa shape index (κ1) is 14.1. The van der Waals surface area contributed by atoms with E-state index in [0.29, 0.717) is 14.9 Å². The second kappa shape index (κ2) is 6.08. The largest absolute Gasteiger partial charge is 0.480 e. The zero-order chi connectivity index (χ0) is 13.0. The molecule has 90 valence electrons. The van der Waals surface area contributed by atoms with E-state index in [1.807, 2.05) is 13.8 Å². The molecule has 0 aliphatic heterocycles. The summed E-state index contributed by atoms with van der Waals surface area (Å²) in [4.78, 5) is 11.8. The summed E-state index contributed by atoms with van der Waals surface area (Å²) in [5, 5.41) is 17.6. The van der Waals surface area contributed by atoms with Crippen LogP contribution in [0.15, 0.2) is 27.6 Å². The lowest BCUT2D eigenvalue weighted by Crippen LogP contribution is -2.22. The van der Waals surface area contributed by atoms with E-state index in [-0.39, 0.29) is 5.92 Å². The second-order valence-corrected chi connectivity index (χ2v) is 5.88. The number of nitriles is 1. The maximum atomic E-state index is 11.1. The van der Waals surface area contributed by atoms with Gasteiger partial charge in [0, 0.05) is 9.37 Å². The number of nitrogens with zero attached hydrogens (tertiary/aromatic N) is 1. The monoisotopic (exact) mass is 313 g/mol. The van der Waals surface area contributed by atoms with Gasteiger partial charge in [-0.3, -0.25) is 4.79 Å². The van der Waals surface area contributed by atoms with Crippen molar-refractivity contribution in [2.75, 3.05) is 0 Å². The normalized spacial score (nSPS) is 12.2. The van der Waals surface area contributed by atoms with Gasteiger partial charge in [-0.15, -0.1) is 11.8 Å². The van der Waals surface area contributed by atoms with Gasteiger partial charge in [-0.2, -0.15) is 5.26 Å². The molecule has 5 heteroatoms. The van der Waals surface area contributed by atoms with Gasteiger partial charge in [-0.05, 0) is 34.0 Å². The maximum absolute atomic E-state index is 11.1. The number of thioether (sulfide) groups is 1. The molecule has 0 fully saturated rings. The Morgan fingerprint density at radius 1 is 1.53 bits per heavy atom. The summed E-state index contributed by atoms with van der Waals surface area (Å²) in [5.41, 5.74) is 0.490. The highest BCUT2D eigenvalue weighted by Gasteiger charge is 2.24. The Balaban J connectivity index is 3.06. The fourth-order valence-corrected chi connectivity index (χ4v) is 2.98. The smallest absolute Gasteiger partial charge is 0.317 e. The summed E-state index contributed by atoms with van der Waals surface area (Å²) in [7, 11) is 0. The van der Waals surface area contributed by atoms with Crippen molar-refractivity contribution < 1.29 is 9.90 Å². The highest BCUT2D eigenvalue weighted by atomic mass is 79.9. The lowest BCUT2D eigenvalue weighted by molar-refractivity contribution is -0.137. The molecule has 1 unspecified atom stereocenters. The Bertz CT molecular complexity index is 468. The molecule has 3 nitrogen and oxygen atoms in total. The second-order valence-electron chi connectivity index (χ2n) is 3.85. The highest BCUT2D eigenvalue weighted by molar-refractivity contribution is 9.10. The van der Waals surface area contributed by atoms with E-state index in [0.717, 1.165) is 0 Å². The van der Waals surface area contributed by atoms with Gasteiger partial charge >= 0.3 is 5.97 Å². The molecule has 0 radical (unpaired) electrons. The average Bonchev–Trinajstić information content (AvgIpc) is 2.25. The van der Waals surface area contributed by atoms with Gasteiger partial charge < -0.3 is 5.11 Å². The van der Waals surface area contributed by atoms with Crippen LogP contribution in [0.3, 0.4) is 0 Å². The Morgan fingerprint density at radius 2 is 2.18 bits per heavy atom. The van der Waals surface area contributed by atoms with Crippen LogP contribution in [-0.2, 0) is 4.79 Å². The van der Waals surface area contributed by atoms with Gasteiger partial charge in [0.2, 0.25) is 0 Å². The van der Waals surface area contributed by atoms with Crippen LogP contribution < -0.4 is 0 Å². The van der Waals surface area contributed by atoms with E-state index >= 15 is 0 Å². The van der Waals surface area contributed by atoms with Crippen LogP contribution in [0.4, 0.5) is 0 Å². The molecule has 0 spiro atoms.